The minimum atomic E-state index is -1.07. The Kier molecular flexibility index (Phi) is 7.73. The molecule has 0 fully saturated rings. The number of carbonyl (C=O) groups excluding carboxylic acids is 3. The fourth-order valence-corrected chi connectivity index (χ4v) is 2.82. The van der Waals surface area contributed by atoms with Crippen molar-refractivity contribution >= 4 is 29.4 Å². The molecule has 0 saturated carbocycles. The van der Waals surface area contributed by atoms with Crippen molar-refractivity contribution in [2.45, 2.75) is 32.5 Å². The number of hydrogen-bond donors (Lipinski definition) is 1. The van der Waals surface area contributed by atoms with Gasteiger partial charge in [-0.15, -0.1) is 0 Å². The van der Waals surface area contributed by atoms with Crippen LogP contribution in [0.2, 0.25) is 5.02 Å². The van der Waals surface area contributed by atoms with Crippen molar-refractivity contribution in [2.75, 3.05) is 7.05 Å². The second-order valence-electron chi connectivity index (χ2n) is 6.58. The van der Waals surface area contributed by atoms with Gasteiger partial charge in [-0.3, -0.25) is 9.59 Å². The number of rotatable bonds is 7. The van der Waals surface area contributed by atoms with Crippen molar-refractivity contribution in [3.8, 4) is 0 Å². The van der Waals surface area contributed by atoms with Gasteiger partial charge in [0.2, 0.25) is 0 Å². The number of ether oxygens (including phenoxy) is 1. The van der Waals surface area contributed by atoms with Gasteiger partial charge in [-0.25, -0.2) is 9.18 Å². The highest BCUT2D eigenvalue weighted by Crippen LogP contribution is 2.15. The molecule has 154 valence electrons. The van der Waals surface area contributed by atoms with Crippen LogP contribution in [0.4, 0.5) is 4.39 Å². The third-order valence-corrected chi connectivity index (χ3v) is 4.47. The highest BCUT2D eigenvalue weighted by atomic mass is 35.5. The predicted molar refractivity (Wildman–Crippen MR) is 107 cm³/mol. The molecular weight excluding hydrogens is 399 g/mol. The molecule has 0 heterocycles. The Morgan fingerprint density at radius 2 is 1.83 bits per heavy atom. The molecule has 0 radical (unpaired) electrons. The Bertz CT molecular complexity index is 906. The average Bonchev–Trinajstić information content (AvgIpc) is 2.67. The maximum atomic E-state index is 13.3. The molecular formula is C21H22ClFN2O4. The van der Waals surface area contributed by atoms with Gasteiger partial charge in [0.15, 0.2) is 6.10 Å². The Morgan fingerprint density at radius 1 is 1.14 bits per heavy atom. The molecule has 0 bridgehead atoms. The number of nitrogens with zero attached hydrogens (tertiary/aromatic N) is 1. The van der Waals surface area contributed by atoms with Crippen LogP contribution < -0.4 is 5.32 Å². The average molecular weight is 421 g/mol. The van der Waals surface area contributed by atoms with Gasteiger partial charge in [-0.1, -0.05) is 35.9 Å². The Labute approximate surface area is 173 Å². The first-order chi connectivity index (χ1) is 13.7. The van der Waals surface area contributed by atoms with Crippen molar-refractivity contribution < 1.29 is 23.5 Å². The molecule has 2 amide bonds. The number of hydrogen-bond acceptors (Lipinski definition) is 4. The minimum Gasteiger partial charge on any atom is -0.451 e. The quantitative estimate of drug-likeness (QED) is 0.698. The summed E-state index contributed by atoms with van der Waals surface area (Å²) in [4.78, 5) is 38.2. The van der Waals surface area contributed by atoms with Gasteiger partial charge >= 0.3 is 5.97 Å². The topological polar surface area (TPSA) is 75.7 Å². The number of likely N-dealkylation sites (N-methyl/N-ethyl adjacent to an activating group) is 1. The summed E-state index contributed by atoms with van der Waals surface area (Å²) in [6.07, 6.45) is -1.07. The molecule has 2 aromatic rings. The van der Waals surface area contributed by atoms with Gasteiger partial charge in [0.1, 0.15) is 11.9 Å². The maximum Gasteiger partial charge on any atom is 0.329 e. The van der Waals surface area contributed by atoms with Crippen LogP contribution in [0.25, 0.3) is 0 Å². The van der Waals surface area contributed by atoms with E-state index in [9.17, 15) is 18.8 Å². The van der Waals surface area contributed by atoms with Crippen LogP contribution >= 0.6 is 11.6 Å². The zero-order valence-electron chi connectivity index (χ0n) is 16.3. The van der Waals surface area contributed by atoms with E-state index in [4.69, 9.17) is 16.3 Å². The van der Waals surface area contributed by atoms with Crippen molar-refractivity contribution in [3.05, 3.63) is 70.5 Å². The molecule has 2 atom stereocenters. The van der Waals surface area contributed by atoms with Crippen LogP contribution in [0, 0.1) is 5.82 Å². The zero-order valence-corrected chi connectivity index (χ0v) is 17.1. The van der Waals surface area contributed by atoms with E-state index in [-0.39, 0.29) is 17.1 Å². The molecule has 29 heavy (non-hydrogen) atoms. The lowest BCUT2D eigenvalue weighted by Crippen LogP contribution is -2.43. The summed E-state index contributed by atoms with van der Waals surface area (Å²) in [5, 5.41) is 2.75. The summed E-state index contributed by atoms with van der Waals surface area (Å²) in [5.41, 5.74) is 0.840. The van der Waals surface area contributed by atoms with Crippen LogP contribution in [0.15, 0.2) is 48.5 Å². The van der Waals surface area contributed by atoms with Crippen LogP contribution in [-0.2, 0) is 20.9 Å². The summed E-state index contributed by atoms with van der Waals surface area (Å²) in [7, 11) is 1.53. The largest absolute Gasteiger partial charge is 0.451 e. The number of amides is 2. The molecule has 0 spiro atoms. The molecule has 2 rings (SSSR count). The van der Waals surface area contributed by atoms with E-state index < -0.39 is 35.7 Å². The van der Waals surface area contributed by atoms with Gasteiger partial charge < -0.3 is 15.0 Å². The van der Waals surface area contributed by atoms with E-state index in [2.05, 4.69) is 5.32 Å². The van der Waals surface area contributed by atoms with Crippen LogP contribution in [0.5, 0.6) is 0 Å². The highest BCUT2D eigenvalue weighted by molar-refractivity contribution is 6.33. The van der Waals surface area contributed by atoms with Gasteiger partial charge in [0, 0.05) is 13.6 Å². The van der Waals surface area contributed by atoms with E-state index in [1.54, 1.807) is 30.3 Å². The SMILES string of the molecule is CC(NC(=O)c1ccccc1Cl)C(=O)OC(C)C(=O)N(C)Cc1cccc(F)c1. The Hall–Kier alpha value is -2.93. The molecule has 0 aromatic heterocycles. The summed E-state index contributed by atoms with van der Waals surface area (Å²) in [6, 6.07) is 11.3. The van der Waals surface area contributed by atoms with Crippen molar-refractivity contribution in [1.29, 1.82) is 0 Å². The summed E-state index contributed by atoms with van der Waals surface area (Å²) in [6.45, 7) is 3.05. The number of nitrogens with one attached hydrogen (secondary N) is 1. The molecule has 2 aromatic carbocycles. The fraction of sp³-hybridized carbons (Fsp3) is 0.286. The van der Waals surface area contributed by atoms with Crippen molar-refractivity contribution in [1.82, 2.24) is 10.2 Å². The fourth-order valence-electron chi connectivity index (χ4n) is 2.60. The summed E-state index contributed by atoms with van der Waals surface area (Å²) in [5.74, 6) is -2.13. The zero-order chi connectivity index (χ0) is 21.6. The monoisotopic (exact) mass is 420 g/mol. The first-order valence-corrected chi connectivity index (χ1v) is 9.32. The van der Waals surface area contributed by atoms with Crippen LogP contribution in [-0.4, -0.2) is 41.9 Å². The van der Waals surface area contributed by atoms with E-state index in [0.29, 0.717) is 5.56 Å². The third-order valence-electron chi connectivity index (χ3n) is 4.15. The van der Waals surface area contributed by atoms with Gasteiger partial charge in [-0.2, -0.15) is 0 Å². The van der Waals surface area contributed by atoms with E-state index >= 15 is 0 Å². The normalized spacial score (nSPS) is 12.6. The summed E-state index contributed by atoms with van der Waals surface area (Å²) >= 11 is 5.97. The predicted octanol–water partition coefficient (Wildman–Crippen LogP) is 3.19. The lowest BCUT2D eigenvalue weighted by Gasteiger charge is -2.23. The lowest BCUT2D eigenvalue weighted by molar-refractivity contribution is -0.159. The minimum absolute atomic E-state index is 0.164. The molecule has 0 aliphatic rings. The smallest absolute Gasteiger partial charge is 0.329 e. The second-order valence-corrected chi connectivity index (χ2v) is 6.99. The number of esters is 1. The van der Waals surface area contributed by atoms with Crippen molar-refractivity contribution in [2.24, 2.45) is 0 Å². The maximum absolute atomic E-state index is 13.3. The van der Waals surface area contributed by atoms with Gasteiger partial charge in [0.05, 0.1) is 10.6 Å². The number of benzene rings is 2. The molecule has 8 heteroatoms. The van der Waals surface area contributed by atoms with Crippen LogP contribution in [0.1, 0.15) is 29.8 Å². The Balaban J connectivity index is 1.90. The van der Waals surface area contributed by atoms with E-state index in [1.165, 1.54) is 44.0 Å². The number of carbonyl (C=O) groups is 3. The molecule has 0 saturated heterocycles. The second kappa shape index (κ2) is 10.0. The summed E-state index contributed by atoms with van der Waals surface area (Å²) < 4.78 is 18.4. The molecule has 6 nitrogen and oxygen atoms in total. The first kappa shape index (κ1) is 22.4. The molecule has 0 aliphatic heterocycles. The molecule has 0 aliphatic carbocycles. The van der Waals surface area contributed by atoms with E-state index in [1.807, 2.05) is 0 Å². The lowest BCUT2D eigenvalue weighted by atomic mass is 10.2. The van der Waals surface area contributed by atoms with Crippen molar-refractivity contribution in [3.63, 3.8) is 0 Å². The first-order valence-electron chi connectivity index (χ1n) is 8.94. The molecule has 1 N–H and O–H groups in total. The standard InChI is InChI=1S/C21H22ClFN2O4/c1-13(24-19(26)17-9-4-5-10-18(17)22)21(28)29-14(2)20(27)25(3)12-15-7-6-8-16(23)11-15/h4-11,13-14H,12H2,1-3H3,(H,24,26). The highest BCUT2D eigenvalue weighted by Gasteiger charge is 2.26. The van der Waals surface area contributed by atoms with Gasteiger partial charge in [0.25, 0.3) is 11.8 Å². The third kappa shape index (κ3) is 6.29. The van der Waals surface area contributed by atoms with Crippen LogP contribution in [0.3, 0.4) is 0 Å². The molecule has 2 unspecified atom stereocenters. The van der Waals surface area contributed by atoms with E-state index in [0.717, 1.165) is 0 Å². The Morgan fingerprint density at radius 3 is 2.48 bits per heavy atom. The number of halogens is 2. The van der Waals surface area contributed by atoms with Gasteiger partial charge in [-0.05, 0) is 43.7 Å².